The summed E-state index contributed by atoms with van der Waals surface area (Å²) in [5, 5.41) is 3.29. The van der Waals surface area contributed by atoms with Gasteiger partial charge < -0.3 is 10.2 Å². The van der Waals surface area contributed by atoms with Crippen LogP contribution in [0.25, 0.3) is 0 Å². The van der Waals surface area contributed by atoms with Crippen LogP contribution in [-0.4, -0.2) is 43.8 Å². The van der Waals surface area contributed by atoms with Gasteiger partial charge in [0.05, 0.1) is 10.6 Å². The molecule has 3 rings (SSSR count). The average Bonchev–Trinajstić information content (AvgIpc) is 2.90. The molecular weight excluding hydrogens is 534 g/mol. The number of carbonyl (C=O) groups is 2. The maximum absolute atomic E-state index is 14.1. The highest BCUT2D eigenvalue weighted by atomic mass is 35.5. The van der Waals surface area contributed by atoms with E-state index in [2.05, 4.69) is 5.32 Å². The first-order chi connectivity index (χ1) is 18.5. The Morgan fingerprint density at radius 3 is 2.18 bits per heavy atom. The molecule has 0 aliphatic heterocycles. The second kappa shape index (κ2) is 13.1. The second-order valence-corrected chi connectivity index (χ2v) is 12.0. The summed E-state index contributed by atoms with van der Waals surface area (Å²) in [7, 11) is -4.15. The zero-order chi connectivity index (χ0) is 28.7. The van der Waals surface area contributed by atoms with Gasteiger partial charge in [-0.05, 0) is 75.1 Å². The number of benzene rings is 3. The quantitative estimate of drug-likeness (QED) is 0.331. The maximum Gasteiger partial charge on any atom is 0.264 e. The third kappa shape index (κ3) is 7.19. The fourth-order valence-electron chi connectivity index (χ4n) is 4.37. The lowest BCUT2D eigenvalue weighted by molar-refractivity contribution is -0.140. The number of nitrogens with zero attached hydrogens (tertiary/aromatic N) is 2. The highest BCUT2D eigenvalue weighted by Crippen LogP contribution is 2.31. The number of aryl methyl sites for hydroxylation is 1. The molecule has 9 heteroatoms. The summed E-state index contributed by atoms with van der Waals surface area (Å²) in [6.45, 7) is 8.85. The summed E-state index contributed by atoms with van der Waals surface area (Å²) in [6, 6.07) is 19.6. The van der Waals surface area contributed by atoms with Crippen LogP contribution in [0.15, 0.2) is 77.7 Å². The van der Waals surface area contributed by atoms with Gasteiger partial charge in [-0.15, -0.1) is 0 Å². The standard InChI is InChI=1S/C30H36ClN3O4S/c1-6-27(30(36)32-21(2)3)33(19-24-14-11-10-13-22(24)4)29(35)20-34(28-18-12-17-26(31)23(28)5)39(37,38)25-15-8-7-9-16-25/h7-18,21,27H,6,19-20H2,1-5H3,(H,32,36). The first-order valence-corrected chi connectivity index (χ1v) is 14.8. The van der Waals surface area contributed by atoms with Gasteiger partial charge in [-0.3, -0.25) is 13.9 Å². The minimum absolute atomic E-state index is 0.0484. The third-order valence-corrected chi connectivity index (χ3v) is 8.72. The van der Waals surface area contributed by atoms with Crippen LogP contribution < -0.4 is 9.62 Å². The van der Waals surface area contributed by atoms with Crippen LogP contribution in [0, 0.1) is 13.8 Å². The smallest absolute Gasteiger partial charge is 0.264 e. The number of rotatable bonds is 11. The van der Waals surface area contributed by atoms with Crippen LogP contribution >= 0.6 is 11.6 Å². The molecule has 0 heterocycles. The van der Waals surface area contributed by atoms with E-state index >= 15 is 0 Å². The van der Waals surface area contributed by atoms with E-state index in [0.29, 0.717) is 22.7 Å². The summed E-state index contributed by atoms with van der Waals surface area (Å²) in [4.78, 5) is 28.9. The first-order valence-electron chi connectivity index (χ1n) is 12.9. The molecule has 1 N–H and O–H groups in total. The Balaban J connectivity index is 2.11. The summed E-state index contributed by atoms with van der Waals surface area (Å²) in [5.74, 6) is -0.784. The lowest BCUT2D eigenvalue weighted by Gasteiger charge is -2.34. The van der Waals surface area contributed by atoms with Crippen LogP contribution in [0.2, 0.25) is 5.02 Å². The van der Waals surface area contributed by atoms with E-state index in [9.17, 15) is 18.0 Å². The fraction of sp³-hybridized carbons (Fsp3) is 0.333. The molecule has 0 aromatic heterocycles. The number of anilines is 1. The monoisotopic (exact) mass is 569 g/mol. The Bertz CT molecular complexity index is 1410. The molecule has 2 amide bonds. The summed E-state index contributed by atoms with van der Waals surface area (Å²) < 4.78 is 28.9. The number of hydrogen-bond donors (Lipinski definition) is 1. The van der Waals surface area contributed by atoms with Crippen molar-refractivity contribution >= 4 is 39.1 Å². The van der Waals surface area contributed by atoms with Crippen molar-refractivity contribution in [2.75, 3.05) is 10.8 Å². The number of amides is 2. The molecule has 208 valence electrons. The SMILES string of the molecule is CCC(C(=O)NC(C)C)N(Cc1ccccc1C)C(=O)CN(c1cccc(Cl)c1C)S(=O)(=O)c1ccccc1. The molecule has 3 aromatic rings. The number of halogens is 1. The lowest BCUT2D eigenvalue weighted by Crippen LogP contribution is -2.53. The number of sulfonamides is 1. The predicted octanol–water partition coefficient (Wildman–Crippen LogP) is 5.48. The van der Waals surface area contributed by atoms with Gasteiger partial charge in [0.1, 0.15) is 12.6 Å². The minimum Gasteiger partial charge on any atom is -0.352 e. The van der Waals surface area contributed by atoms with Crippen molar-refractivity contribution in [2.24, 2.45) is 0 Å². The zero-order valence-corrected chi connectivity index (χ0v) is 24.6. The highest BCUT2D eigenvalue weighted by molar-refractivity contribution is 7.92. The van der Waals surface area contributed by atoms with E-state index in [1.807, 2.05) is 52.0 Å². The van der Waals surface area contributed by atoms with Crippen molar-refractivity contribution in [3.05, 3.63) is 94.5 Å². The lowest BCUT2D eigenvalue weighted by atomic mass is 10.1. The predicted molar refractivity (Wildman–Crippen MR) is 156 cm³/mol. The Hall–Kier alpha value is -3.36. The summed E-state index contributed by atoms with van der Waals surface area (Å²) in [5.41, 5.74) is 2.67. The Morgan fingerprint density at radius 2 is 1.56 bits per heavy atom. The van der Waals surface area contributed by atoms with E-state index in [-0.39, 0.29) is 23.4 Å². The van der Waals surface area contributed by atoms with Crippen molar-refractivity contribution < 1.29 is 18.0 Å². The van der Waals surface area contributed by atoms with E-state index in [0.717, 1.165) is 15.4 Å². The molecule has 1 unspecified atom stereocenters. The fourth-order valence-corrected chi connectivity index (χ4v) is 6.03. The van der Waals surface area contributed by atoms with Crippen LogP contribution in [0.3, 0.4) is 0 Å². The Labute approximate surface area is 236 Å². The van der Waals surface area contributed by atoms with Gasteiger partial charge in [0.25, 0.3) is 10.0 Å². The van der Waals surface area contributed by atoms with E-state index < -0.39 is 28.5 Å². The van der Waals surface area contributed by atoms with Crippen molar-refractivity contribution in [1.29, 1.82) is 0 Å². The van der Waals surface area contributed by atoms with Gasteiger partial charge in [-0.25, -0.2) is 8.42 Å². The third-order valence-electron chi connectivity index (χ3n) is 6.54. The number of nitrogens with one attached hydrogen (secondary N) is 1. The molecule has 0 saturated heterocycles. The largest absolute Gasteiger partial charge is 0.352 e. The van der Waals surface area contributed by atoms with Gasteiger partial charge in [0.15, 0.2) is 0 Å². The highest BCUT2D eigenvalue weighted by Gasteiger charge is 2.34. The zero-order valence-electron chi connectivity index (χ0n) is 23.0. The molecule has 7 nitrogen and oxygen atoms in total. The van der Waals surface area contributed by atoms with Crippen LogP contribution in [0.1, 0.15) is 43.9 Å². The van der Waals surface area contributed by atoms with Crippen molar-refractivity contribution in [3.63, 3.8) is 0 Å². The normalized spacial score (nSPS) is 12.2. The molecule has 1 atom stereocenters. The topological polar surface area (TPSA) is 86.8 Å². The number of hydrogen-bond acceptors (Lipinski definition) is 4. The second-order valence-electron chi connectivity index (χ2n) is 9.74. The molecule has 0 aliphatic carbocycles. The molecular formula is C30H36ClN3O4S. The van der Waals surface area contributed by atoms with Gasteiger partial charge in [0, 0.05) is 17.6 Å². The van der Waals surface area contributed by atoms with Gasteiger partial charge in [-0.1, -0.05) is 67.1 Å². The van der Waals surface area contributed by atoms with Crippen molar-refractivity contribution in [1.82, 2.24) is 10.2 Å². The molecule has 0 bridgehead atoms. The Morgan fingerprint density at radius 1 is 0.923 bits per heavy atom. The minimum atomic E-state index is -4.15. The van der Waals surface area contributed by atoms with Gasteiger partial charge in [-0.2, -0.15) is 0 Å². The average molecular weight is 570 g/mol. The maximum atomic E-state index is 14.1. The molecule has 0 radical (unpaired) electrons. The summed E-state index contributed by atoms with van der Waals surface area (Å²) in [6.07, 6.45) is 0.359. The van der Waals surface area contributed by atoms with Crippen LogP contribution in [0.5, 0.6) is 0 Å². The van der Waals surface area contributed by atoms with E-state index in [1.165, 1.54) is 17.0 Å². The summed E-state index contributed by atoms with van der Waals surface area (Å²) >= 11 is 6.37. The number of carbonyl (C=O) groups excluding carboxylic acids is 2. The molecule has 0 fully saturated rings. The molecule has 39 heavy (non-hydrogen) atoms. The van der Waals surface area contributed by atoms with Crippen LogP contribution in [0.4, 0.5) is 5.69 Å². The molecule has 0 saturated carbocycles. The Kier molecular flexibility index (Phi) is 10.2. The van der Waals surface area contributed by atoms with Crippen molar-refractivity contribution in [2.45, 2.75) is 64.6 Å². The first kappa shape index (κ1) is 30.2. The van der Waals surface area contributed by atoms with Gasteiger partial charge >= 0.3 is 0 Å². The van der Waals surface area contributed by atoms with Crippen molar-refractivity contribution in [3.8, 4) is 0 Å². The van der Waals surface area contributed by atoms with E-state index in [1.54, 1.807) is 43.3 Å². The molecule has 0 spiro atoms. The van der Waals surface area contributed by atoms with E-state index in [4.69, 9.17) is 11.6 Å². The molecule has 0 aliphatic rings. The molecule has 3 aromatic carbocycles. The van der Waals surface area contributed by atoms with Crippen LogP contribution in [-0.2, 0) is 26.2 Å². The van der Waals surface area contributed by atoms with Gasteiger partial charge in [0.2, 0.25) is 11.8 Å².